The van der Waals surface area contributed by atoms with Gasteiger partial charge in [0.15, 0.2) is 0 Å². The van der Waals surface area contributed by atoms with E-state index in [1.54, 1.807) is 6.92 Å². The van der Waals surface area contributed by atoms with Crippen molar-refractivity contribution in [3.63, 3.8) is 0 Å². The minimum absolute atomic E-state index is 0.158. The standard InChI is InChI=1S/C27H24O6/c1-2-31-22(28)14-18-13-19(16-9-5-3-6-10-16)23-21(32-18)15-20(17-11-7-4-8-12-17)24-25(23)27(30)33-26(24)29/h3-12,14-15,19-20,23-25H,2,13H2,1H3/b18-14-/t19-,20-,23?,24+,25-/m1/s1. The first-order chi connectivity index (χ1) is 16.1. The van der Waals surface area contributed by atoms with E-state index in [0.29, 0.717) is 17.9 Å². The van der Waals surface area contributed by atoms with Crippen molar-refractivity contribution in [2.45, 2.75) is 25.2 Å². The summed E-state index contributed by atoms with van der Waals surface area (Å²) in [7, 11) is 0. The van der Waals surface area contributed by atoms with E-state index in [2.05, 4.69) is 0 Å². The Morgan fingerprint density at radius 1 is 0.909 bits per heavy atom. The molecule has 5 rings (SSSR count). The molecule has 168 valence electrons. The molecule has 0 amide bonds. The molecule has 6 nitrogen and oxygen atoms in total. The normalized spacial score (nSPS) is 29.4. The number of allylic oxidation sites excluding steroid dienone is 3. The highest BCUT2D eigenvalue weighted by Crippen LogP contribution is 2.56. The summed E-state index contributed by atoms with van der Waals surface area (Å²) in [6, 6.07) is 19.4. The molecule has 0 spiro atoms. The van der Waals surface area contributed by atoms with Crippen LogP contribution in [0, 0.1) is 17.8 Å². The van der Waals surface area contributed by atoms with Crippen molar-refractivity contribution in [3.05, 3.63) is 95.5 Å². The van der Waals surface area contributed by atoms with E-state index in [-0.39, 0.29) is 24.4 Å². The molecule has 0 bridgehead atoms. The van der Waals surface area contributed by atoms with Crippen LogP contribution in [0.3, 0.4) is 0 Å². The largest absolute Gasteiger partial charge is 0.466 e. The van der Waals surface area contributed by atoms with Gasteiger partial charge in [-0.2, -0.15) is 0 Å². The molecule has 2 aromatic rings. The lowest BCUT2D eigenvalue weighted by Gasteiger charge is -2.43. The topological polar surface area (TPSA) is 78.9 Å². The highest BCUT2D eigenvalue weighted by atomic mass is 16.6. The van der Waals surface area contributed by atoms with Gasteiger partial charge in [-0.05, 0) is 24.1 Å². The van der Waals surface area contributed by atoms with Crippen molar-refractivity contribution in [1.82, 2.24) is 0 Å². The molecule has 33 heavy (non-hydrogen) atoms. The second-order valence-electron chi connectivity index (χ2n) is 8.51. The van der Waals surface area contributed by atoms with Crippen molar-refractivity contribution >= 4 is 17.9 Å². The van der Waals surface area contributed by atoms with Gasteiger partial charge in [0.2, 0.25) is 0 Å². The van der Waals surface area contributed by atoms with Gasteiger partial charge in [-0.15, -0.1) is 0 Å². The van der Waals surface area contributed by atoms with Crippen LogP contribution in [-0.2, 0) is 28.6 Å². The van der Waals surface area contributed by atoms with Crippen molar-refractivity contribution in [2.24, 2.45) is 17.8 Å². The van der Waals surface area contributed by atoms with Crippen LogP contribution in [0.15, 0.2) is 84.3 Å². The zero-order valence-corrected chi connectivity index (χ0v) is 18.2. The molecule has 2 saturated heterocycles. The zero-order valence-electron chi connectivity index (χ0n) is 18.2. The van der Waals surface area contributed by atoms with E-state index in [9.17, 15) is 14.4 Å². The van der Waals surface area contributed by atoms with Crippen molar-refractivity contribution < 1.29 is 28.6 Å². The van der Waals surface area contributed by atoms with Gasteiger partial charge in [0.25, 0.3) is 0 Å². The maximum absolute atomic E-state index is 13.0. The molecule has 2 aliphatic heterocycles. The Hall–Kier alpha value is -3.67. The summed E-state index contributed by atoms with van der Waals surface area (Å²) in [6.45, 7) is 2.02. The monoisotopic (exact) mass is 444 g/mol. The number of ether oxygens (including phenoxy) is 3. The van der Waals surface area contributed by atoms with E-state index in [0.717, 1.165) is 11.1 Å². The predicted octanol–water partition coefficient (Wildman–Crippen LogP) is 4.25. The molecule has 2 fully saturated rings. The fraction of sp³-hybridized carbons (Fsp3) is 0.296. The maximum Gasteiger partial charge on any atom is 0.334 e. The van der Waals surface area contributed by atoms with Crippen LogP contribution in [0.4, 0.5) is 0 Å². The molecule has 3 aliphatic rings. The van der Waals surface area contributed by atoms with Crippen LogP contribution in [-0.4, -0.2) is 24.5 Å². The number of esters is 3. The van der Waals surface area contributed by atoms with E-state index in [4.69, 9.17) is 14.2 Å². The van der Waals surface area contributed by atoms with E-state index in [1.165, 1.54) is 6.08 Å². The summed E-state index contributed by atoms with van der Waals surface area (Å²) in [5, 5.41) is 0. The van der Waals surface area contributed by atoms with Gasteiger partial charge in [-0.1, -0.05) is 60.7 Å². The minimum atomic E-state index is -0.656. The fourth-order valence-corrected chi connectivity index (χ4v) is 5.33. The number of rotatable bonds is 4. The van der Waals surface area contributed by atoms with Crippen LogP contribution in [0.25, 0.3) is 0 Å². The summed E-state index contributed by atoms with van der Waals surface area (Å²) >= 11 is 0. The molecule has 6 heteroatoms. The molecule has 2 heterocycles. The number of carbonyl (C=O) groups excluding carboxylic acids is 3. The van der Waals surface area contributed by atoms with Gasteiger partial charge in [0.05, 0.1) is 24.5 Å². The van der Waals surface area contributed by atoms with E-state index < -0.39 is 29.7 Å². The van der Waals surface area contributed by atoms with E-state index in [1.807, 2.05) is 66.7 Å². The molecule has 1 unspecified atom stereocenters. The molecule has 0 radical (unpaired) electrons. The second kappa shape index (κ2) is 8.70. The number of hydrogen-bond acceptors (Lipinski definition) is 6. The van der Waals surface area contributed by atoms with Gasteiger partial charge in [0, 0.05) is 24.2 Å². The highest BCUT2D eigenvalue weighted by molar-refractivity contribution is 5.98. The summed E-state index contributed by atoms with van der Waals surface area (Å²) in [4.78, 5) is 37.9. The Labute approximate surface area is 191 Å². The summed E-state index contributed by atoms with van der Waals surface area (Å²) in [6.07, 6.45) is 3.71. The Bertz CT molecular complexity index is 1130. The van der Waals surface area contributed by atoms with Gasteiger partial charge in [-0.25, -0.2) is 4.79 Å². The Morgan fingerprint density at radius 2 is 1.55 bits per heavy atom. The zero-order chi connectivity index (χ0) is 22.9. The maximum atomic E-state index is 13.0. The lowest BCUT2D eigenvalue weighted by atomic mass is 9.62. The quantitative estimate of drug-likeness (QED) is 0.399. The first-order valence-electron chi connectivity index (χ1n) is 11.2. The molecular formula is C27H24O6. The molecule has 2 aromatic carbocycles. The predicted molar refractivity (Wildman–Crippen MR) is 118 cm³/mol. The number of carbonyl (C=O) groups is 3. The van der Waals surface area contributed by atoms with Crippen LogP contribution in [0.5, 0.6) is 0 Å². The molecule has 1 aliphatic carbocycles. The second-order valence-corrected chi connectivity index (χ2v) is 8.51. The van der Waals surface area contributed by atoms with Gasteiger partial charge < -0.3 is 14.2 Å². The Morgan fingerprint density at radius 3 is 2.21 bits per heavy atom. The van der Waals surface area contributed by atoms with Gasteiger partial charge in [0.1, 0.15) is 11.5 Å². The molecule has 0 N–H and O–H groups in total. The summed E-state index contributed by atoms with van der Waals surface area (Å²) in [5.74, 6) is -2.55. The Balaban J connectivity index is 1.64. The number of benzene rings is 2. The SMILES string of the molecule is CCOC(=O)/C=C1/C[C@H](c2ccccc2)C2C(=C[C@H](c3ccccc3)[C@@H]3C(=O)OC(=O)[C@H]23)O1. The third-order valence-corrected chi connectivity index (χ3v) is 6.66. The summed E-state index contributed by atoms with van der Waals surface area (Å²) < 4.78 is 16.4. The molecule has 5 atom stereocenters. The molecule has 0 aromatic heterocycles. The summed E-state index contributed by atoms with van der Waals surface area (Å²) in [5.41, 5.74) is 1.92. The first-order valence-corrected chi connectivity index (χ1v) is 11.2. The lowest BCUT2D eigenvalue weighted by molar-refractivity contribution is -0.154. The first kappa shape index (κ1) is 21.2. The van der Waals surface area contributed by atoms with E-state index >= 15 is 0 Å². The number of hydrogen-bond donors (Lipinski definition) is 0. The van der Waals surface area contributed by atoms with Crippen LogP contribution < -0.4 is 0 Å². The minimum Gasteiger partial charge on any atom is -0.466 e. The average molecular weight is 444 g/mol. The van der Waals surface area contributed by atoms with Crippen LogP contribution in [0.1, 0.15) is 36.3 Å². The van der Waals surface area contributed by atoms with Gasteiger partial charge >= 0.3 is 17.9 Å². The molecule has 0 saturated carbocycles. The average Bonchev–Trinajstić information content (AvgIpc) is 3.13. The lowest BCUT2D eigenvalue weighted by Crippen LogP contribution is -2.41. The van der Waals surface area contributed by atoms with Crippen molar-refractivity contribution in [1.29, 1.82) is 0 Å². The van der Waals surface area contributed by atoms with Crippen molar-refractivity contribution in [2.75, 3.05) is 6.61 Å². The fourth-order valence-electron chi connectivity index (χ4n) is 5.33. The highest BCUT2D eigenvalue weighted by Gasteiger charge is 2.58. The van der Waals surface area contributed by atoms with Crippen LogP contribution in [0.2, 0.25) is 0 Å². The third kappa shape index (κ3) is 3.86. The molecular weight excluding hydrogens is 420 g/mol. The Kier molecular flexibility index (Phi) is 5.58. The third-order valence-electron chi connectivity index (χ3n) is 6.66. The smallest absolute Gasteiger partial charge is 0.334 e. The number of fused-ring (bicyclic) bond motifs is 3. The van der Waals surface area contributed by atoms with Gasteiger partial charge in [-0.3, -0.25) is 9.59 Å². The van der Waals surface area contributed by atoms with Crippen LogP contribution >= 0.6 is 0 Å². The number of cyclic esters (lactones) is 2. The van der Waals surface area contributed by atoms with Crippen molar-refractivity contribution in [3.8, 4) is 0 Å².